The van der Waals surface area contributed by atoms with Crippen molar-refractivity contribution in [1.29, 1.82) is 0 Å². The lowest BCUT2D eigenvalue weighted by atomic mass is 10.0. The van der Waals surface area contributed by atoms with Crippen LogP contribution in [0.5, 0.6) is 0 Å². The first-order valence-electron chi connectivity index (χ1n) is 7.36. The van der Waals surface area contributed by atoms with Gasteiger partial charge in [-0.3, -0.25) is 9.78 Å². The molecule has 1 heterocycles. The van der Waals surface area contributed by atoms with Gasteiger partial charge in [-0.25, -0.2) is 4.79 Å². The Hall–Kier alpha value is -2.49. The van der Waals surface area contributed by atoms with E-state index in [1.807, 2.05) is 30.3 Å². The Labute approximate surface area is 130 Å². The first kappa shape index (κ1) is 15.9. The summed E-state index contributed by atoms with van der Waals surface area (Å²) in [6, 6.07) is 14.0. The lowest BCUT2D eigenvalue weighted by molar-refractivity contribution is -0.153. The number of ether oxygens (including phenoxy) is 1. The van der Waals surface area contributed by atoms with Crippen LogP contribution < -0.4 is 0 Å². The van der Waals surface area contributed by atoms with E-state index in [2.05, 4.69) is 17.1 Å². The van der Waals surface area contributed by atoms with Crippen molar-refractivity contribution in [2.45, 2.75) is 26.2 Å². The second-order valence-corrected chi connectivity index (χ2v) is 4.96. The van der Waals surface area contributed by atoms with Crippen molar-refractivity contribution in [3.63, 3.8) is 0 Å². The molecule has 4 heteroatoms. The summed E-state index contributed by atoms with van der Waals surface area (Å²) in [6.07, 6.45) is 3.45. The van der Waals surface area contributed by atoms with Gasteiger partial charge in [-0.2, -0.15) is 0 Å². The van der Waals surface area contributed by atoms with Gasteiger partial charge >= 0.3 is 5.97 Å². The van der Waals surface area contributed by atoms with Crippen LogP contribution in [0.15, 0.2) is 48.7 Å². The number of aryl methyl sites for hydroxylation is 2. The van der Waals surface area contributed by atoms with Crippen LogP contribution in [0, 0.1) is 0 Å². The number of aromatic nitrogens is 1. The zero-order valence-electron chi connectivity index (χ0n) is 12.6. The third-order valence-electron chi connectivity index (χ3n) is 3.27. The molecule has 1 aromatic carbocycles. The van der Waals surface area contributed by atoms with Gasteiger partial charge in [0.2, 0.25) is 5.78 Å². The number of hydrogen-bond donors (Lipinski definition) is 0. The molecule has 0 aliphatic rings. The van der Waals surface area contributed by atoms with Gasteiger partial charge in [0.1, 0.15) is 0 Å². The lowest BCUT2D eigenvalue weighted by Crippen LogP contribution is -2.20. The van der Waals surface area contributed by atoms with Crippen LogP contribution in [0.3, 0.4) is 0 Å². The summed E-state index contributed by atoms with van der Waals surface area (Å²) >= 11 is 0. The Morgan fingerprint density at radius 1 is 1.05 bits per heavy atom. The van der Waals surface area contributed by atoms with Crippen molar-refractivity contribution in [2.75, 3.05) is 6.61 Å². The molecule has 0 spiro atoms. The Balaban J connectivity index is 1.95. The second-order valence-electron chi connectivity index (χ2n) is 4.96. The maximum absolute atomic E-state index is 11.7. The van der Waals surface area contributed by atoms with E-state index in [4.69, 9.17) is 4.74 Å². The fourth-order valence-electron chi connectivity index (χ4n) is 2.16. The topological polar surface area (TPSA) is 56.3 Å². The molecule has 4 nitrogen and oxygen atoms in total. The summed E-state index contributed by atoms with van der Waals surface area (Å²) in [5, 5.41) is 0. The van der Waals surface area contributed by atoms with Crippen molar-refractivity contribution in [2.24, 2.45) is 0 Å². The van der Waals surface area contributed by atoms with Crippen LogP contribution in [0.2, 0.25) is 0 Å². The van der Waals surface area contributed by atoms with Crippen LogP contribution in [0.4, 0.5) is 0 Å². The highest BCUT2D eigenvalue weighted by molar-refractivity contribution is 6.34. The van der Waals surface area contributed by atoms with Crippen LogP contribution in [-0.4, -0.2) is 23.3 Å². The van der Waals surface area contributed by atoms with E-state index in [9.17, 15) is 9.59 Å². The molecule has 2 rings (SSSR count). The zero-order chi connectivity index (χ0) is 15.8. The lowest BCUT2D eigenvalue weighted by Gasteiger charge is -2.05. The van der Waals surface area contributed by atoms with Gasteiger partial charge in [-0.05, 0) is 43.0 Å². The van der Waals surface area contributed by atoms with Crippen LogP contribution in [-0.2, 0) is 33.6 Å². The molecule has 0 N–H and O–H groups in total. The van der Waals surface area contributed by atoms with Gasteiger partial charge in [0.25, 0.3) is 0 Å². The molecule has 0 saturated carbocycles. The van der Waals surface area contributed by atoms with E-state index in [-0.39, 0.29) is 13.0 Å². The molecule has 0 bridgehead atoms. The standard InChI is InChI=1S/C18H19NO3/c1-2-22-18(21)17(20)13-16-12-15(10-11-19-16)9-8-14-6-4-3-5-7-14/h3-7,10-12H,2,8-9,13H2,1H3. The number of Topliss-reactive ketones (excluding diaryl/α,β-unsaturated/α-hetero) is 1. The molecule has 2 aromatic rings. The average molecular weight is 297 g/mol. The van der Waals surface area contributed by atoms with E-state index in [1.165, 1.54) is 5.56 Å². The van der Waals surface area contributed by atoms with Gasteiger partial charge < -0.3 is 4.74 Å². The molecule has 0 atom stereocenters. The molecule has 0 aliphatic carbocycles. The molecule has 0 aliphatic heterocycles. The largest absolute Gasteiger partial charge is 0.460 e. The summed E-state index contributed by atoms with van der Waals surface area (Å²) in [6.45, 7) is 1.88. The number of nitrogens with zero attached hydrogens (tertiary/aromatic N) is 1. The molecule has 1 aromatic heterocycles. The highest BCUT2D eigenvalue weighted by Crippen LogP contribution is 2.09. The molecular formula is C18H19NO3. The molecule has 0 unspecified atom stereocenters. The Morgan fingerprint density at radius 3 is 2.50 bits per heavy atom. The van der Waals surface area contributed by atoms with Crippen molar-refractivity contribution >= 4 is 11.8 Å². The molecule has 0 radical (unpaired) electrons. The van der Waals surface area contributed by atoms with Gasteiger partial charge in [0.05, 0.1) is 13.0 Å². The summed E-state index contributed by atoms with van der Waals surface area (Å²) in [7, 11) is 0. The minimum Gasteiger partial charge on any atom is -0.460 e. The third kappa shape index (κ3) is 4.81. The summed E-state index contributed by atoms with van der Waals surface area (Å²) in [5.74, 6) is -1.35. The van der Waals surface area contributed by atoms with Gasteiger partial charge in [0, 0.05) is 11.9 Å². The van der Waals surface area contributed by atoms with Crippen molar-refractivity contribution < 1.29 is 14.3 Å². The SMILES string of the molecule is CCOC(=O)C(=O)Cc1cc(CCc2ccccc2)ccn1. The molecule has 0 fully saturated rings. The highest BCUT2D eigenvalue weighted by Gasteiger charge is 2.16. The predicted octanol–water partition coefficient (Wildman–Crippen LogP) is 2.54. The Bertz CT molecular complexity index is 638. The fourth-order valence-corrected chi connectivity index (χ4v) is 2.16. The number of hydrogen-bond acceptors (Lipinski definition) is 4. The number of ketones is 1. The fraction of sp³-hybridized carbons (Fsp3) is 0.278. The number of carbonyl (C=O) groups excluding carboxylic acids is 2. The normalized spacial score (nSPS) is 10.2. The van der Waals surface area contributed by atoms with E-state index in [1.54, 1.807) is 13.1 Å². The molecule has 0 saturated heterocycles. The first-order chi connectivity index (χ1) is 10.7. The average Bonchev–Trinajstić information content (AvgIpc) is 2.54. The first-order valence-corrected chi connectivity index (χ1v) is 7.36. The van der Waals surface area contributed by atoms with E-state index in [0.29, 0.717) is 5.69 Å². The van der Waals surface area contributed by atoms with E-state index < -0.39 is 11.8 Å². The Morgan fingerprint density at radius 2 is 1.77 bits per heavy atom. The number of carbonyl (C=O) groups is 2. The van der Waals surface area contributed by atoms with Crippen molar-refractivity contribution in [3.05, 3.63) is 65.5 Å². The monoisotopic (exact) mass is 297 g/mol. The minimum absolute atomic E-state index is 0.0159. The summed E-state index contributed by atoms with van der Waals surface area (Å²) in [4.78, 5) is 27.2. The number of rotatable bonds is 7. The Kier molecular flexibility index (Phi) is 5.83. The second kappa shape index (κ2) is 8.08. The zero-order valence-corrected chi connectivity index (χ0v) is 12.6. The number of benzene rings is 1. The third-order valence-corrected chi connectivity index (χ3v) is 3.27. The number of esters is 1. The minimum atomic E-state index is -0.793. The molecule has 114 valence electrons. The van der Waals surface area contributed by atoms with Crippen LogP contribution in [0.1, 0.15) is 23.7 Å². The maximum atomic E-state index is 11.7. The maximum Gasteiger partial charge on any atom is 0.375 e. The van der Waals surface area contributed by atoms with Crippen molar-refractivity contribution in [1.82, 2.24) is 4.98 Å². The summed E-state index contributed by atoms with van der Waals surface area (Å²) in [5.41, 5.74) is 2.97. The van der Waals surface area contributed by atoms with Gasteiger partial charge in [-0.15, -0.1) is 0 Å². The van der Waals surface area contributed by atoms with E-state index in [0.717, 1.165) is 18.4 Å². The van der Waals surface area contributed by atoms with Crippen LogP contribution >= 0.6 is 0 Å². The summed E-state index contributed by atoms with van der Waals surface area (Å²) < 4.78 is 4.70. The molecule has 22 heavy (non-hydrogen) atoms. The van der Waals surface area contributed by atoms with Crippen molar-refractivity contribution in [3.8, 4) is 0 Å². The molecular weight excluding hydrogens is 278 g/mol. The van der Waals surface area contributed by atoms with Crippen LogP contribution in [0.25, 0.3) is 0 Å². The number of pyridine rings is 1. The molecule has 0 amide bonds. The smallest absolute Gasteiger partial charge is 0.375 e. The van der Waals surface area contributed by atoms with E-state index >= 15 is 0 Å². The predicted molar refractivity (Wildman–Crippen MR) is 83.4 cm³/mol. The van der Waals surface area contributed by atoms with Gasteiger partial charge in [0.15, 0.2) is 0 Å². The highest BCUT2D eigenvalue weighted by atomic mass is 16.5. The van der Waals surface area contributed by atoms with Gasteiger partial charge in [-0.1, -0.05) is 30.3 Å². The quantitative estimate of drug-likeness (QED) is 0.582.